The highest BCUT2D eigenvalue weighted by atomic mass is 16.5. The predicted octanol–water partition coefficient (Wildman–Crippen LogP) is 3.28. The third-order valence-corrected chi connectivity index (χ3v) is 4.95. The number of nitrogens with one attached hydrogen (secondary N) is 1. The van der Waals surface area contributed by atoms with E-state index in [4.69, 9.17) is 4.74 Å². The van der Waals surface area contributed by atoms with Crippen molar-refractivity contribution in [3.63, 3.8) is 0 Å². The average Bonchev–Trinajstić information content (AvgIpc) is 2.55. The van der Waals surface area contributed by atoms with Crippen molar-refractivity contribution in [2.45, 2.75) is 52.4 Å². The molecule has 0 heterocycles. The second kappa shape index (κ2) is 8.12. The van der Waals surface area contributed by atoms with Crippen LogP contribution in [-0.4, -0.2) is 18.1 Å². The number of nitrogens with zero attached hydrogens (tertiary/aromatic N) is 1. The molecule has 1 saturated carbocycles. The van der Waals surface area contributed by atoms with E-state index in [1.807, 2.05) is 30.3 Å². The van der Waals surface area contributed by atoms with E-state index in [1.54, 1.807) is 0 Å². The van der Waals surface area contributed by atoms with Crippen LogP contribution in [0.15, 0.2) is 30.3 Å². The molecule has 0 radical (unpaired) electrons. The van der Waals surface area contributed by atoms with E-state index in [1.165, 1.54) is 6.92 Å². The zero-order chi connectivity index (χ0) is 16.8. The second-order valence-electron chi connectivity index (χ2n) is 6.49. The first-order valence-electron chi connectivity index (χ1n) is 8.39. The maximum absolute atomic E-state index is 11.6. The van der Waals surface area contributed by atoms with Gasteiger partial charge in [0.15, 0.2) is 0 Å². The molecule has 0 saturated heterocycles. The molecule has 1 aromatic carbocycles. The van der Waals surface area contributed by atoms with E-state index in [0.29, 0.717) is 18.4 Å². The van der Waals surface area contributed by atoms with Crippen molar-refractivity contribution in [2.75, 3.05) is 0 Å². The van der Waals surface area contributed by atoms with Gasteiger partial charge in [-0.2, -0.15) is 5.26 Å². The molecular weight excluding hydrogens is 288 g/mol. The maximum Gasteiger partial charge on any atom is 0.217 e. The molecule has 4 nitrogen and oxygen atoms in total. The lowest BCUT2D eigenvalue weighted by Crippen LogP contribution is -2.55. The van der Waals surface area contributed by atoms with Gasteiger partial charge in [0, 0.05) is 6.92 Å². The summed E-state index contributed by atoms with van der Waals surface area (Å²) in [7, 11) is 0. The van der Waals surface area contributed by atoms with Gasteiger partial charge >= 0.3 is 0 Å². The fourth-order valence-corrected chi connectivity index (χ4v) is 3.62. The largest absolute Gasteiger partial charge is 0.371 e. The fourth-order valence-electron chi connectivity index (χ4n) is 3.62. The van der Waals surface area contributed by atoms with Gasteiger partial charge in [0.25, 0.3) is 0 Å². The van der Waals surface area contributed by atoms with Crippen LogP contribution < -0.4 is 5.32 Å². The summed E-state index contributed by atoms with van der Waals surface area (Å²) in [4.78, 5) is 11.6. The number of amides is 1. The smallest absolute Gasteiger partial charge is 0.217 e. The molecule has 1 aliphatic carbocycles. The van der Waals surface area contributed by atoms with Gasteiger partial charge in [-0.05, 0) is 23.8 Å². The summed E-state index contributed by atoms with van der Waals surface area (Å²) in [6.45, 7) is 6.33. The number of hydrogen-bond donors (Lipinski definition) is 1. The van der Waals surface area contributed by atoms with Crippen molar-refractivity contribution < 1.29 is 9.53 Å². The molecule has 1 aromatic rings. The summed E-state index contributed by atoms with van der Waals surface area (Å²) < 4.78 is 6.19. The van der Waals surface area contributed by atoms with E-state index in [2.05, 4.69) is 25.2 Å². The number of rotatable bonds is 5. The number of nitriles is 1. The molecule has 0 aliphatic heterocycles. The van der Waals surface area contributed by atoms with Crippen LogP contribution in [0.1, 0.15) is 39.2 Å². The van der Waals surface area contributed by atoms with Gasteiger partial charge < -0.3 is 10.1 Å². The van der Waals surface area contributed by atoms with Crippen LogP contribution in [0.5, 0.6) is 0 Å². The Kier molecular flexibility index (Phi) is 6.18. The fraction of sp³-hybridized carbons (Fsp3) is 0.579. The minimum Gasteiger partial charge on any atom is -0.371 e. The Morgan fingerprint density at radius 1 is 1.39 bits per heavy atom. The standard InChI is InChI=1S/C19H26N2O2/c1-4-16-10-17(11-20)18(21-14(3)22)19(13(16)2)23-12-15-8-6-5-7-9-15/h5-9,13,16-19H,4,10,12H2,1-3H3,(H,21,22)/t13-,16+,17+,18+,19+/m1/s1. The molecule has 1 fully saturated rings. The highest BCUT2D eigenvalue weighted by Crippen LogP contribution is 2.38. The van der Waals surface area contributed by atoms with Crippen molar-refractivity contribution in [3.8, 4) is 6.07 Å². The molecule has 4 heteroatoms. The first kappa shape index (κ1) is 17.5. The van der Waals surface area contributed by atoms with Crippen LogP contribution in [0.4, 0.5) is 0 Å². The molecule has 0 bridgehead atoms. The maximum atomic E-state index is 11.6. The third-order valence-electron chi connectivity index (χ3n) is 4.95. The lowest BCUT2D eigenvalue weighted by Gasteiger charge is -2.43. The van der Waals surface area contributed by atoms with Crippen molar-refractivity contribution in [1.29, 1.82) is 5.26 Å². The summed E-state index contributed by atoms with van der Waals surface area (Å²) in [6.07, 6.45) is 1.71. The van der Waals surface area contributed by atoms with E-state index < -0.39 is 0 Å². The Morgan fingerprint density at radius 2 is 2.09 bits per heavy atom. The molecule has 0 aromatic heterocycles. The molecule has 124 valence electrons. The van der Waals surface area contributed by atoms with Crippen LogP contribution in [0, 0.1) is 29.1 Å². The number of carbonyl (C=O) groups is 1. The zero-order valence-corrected chi connectivity index (χ0v) is 14.2. The monoisotopic (exact) mass is 314 g/mol. The van der Waals surface area contributed by atoms with E-state index in [0.717, 1.165) is 18.4 Å². The van der Waals surface area contributed by atoms with Crippen molar-refractivity contribution in [2.24, 2.45) is 17.8 Å². The van der Waals surface area contributed by atoms with Gasteiger partial charge in [0.1, 0.15) is 0 Å². The summed E-state index contributed by atoms with van der Waals surface area (Å²) in [5.74, 6) is 0.460. The van der Waals surface area contributed by atoms with Crippen molar-refractivity contribution in [1.82, 2.24) is 5.32 Å². The quantitative estimate of drug-likeness (QED) is 0.907. The van der Waals surface area contributed by atoms with Crippen LogP contribution in [0.25, 0.3) is 0 Å². The van der Waals surface area contributed by atoms with Gasteiger partial charge in [-0.3, -0.25) is 4.79 Å². The van der Waals surface area contributed by atoms with Crippen molar-refractivity contribution in [3.05, 3.63) is 35.9 Å². The molecule has 5 atom stereocenters. The summed E-state index contributed by atoms with van der Waals surface area (Å²) in [5, 5.41) is 12.5. The molecule has 1 aliphatic rings. The van der Waals surface area contributed by atoms with Gasteiger partial charge in [-0.25, -0.2) is 0 Å². The molecule has 23 heavy (non-hydrogen) atoms. The number of ether oxygens (including phenoxy) is 1. The van der Waals surface area contributed by atoms with Crippen LogP contribution in [0.2, 0.25) is 0 Å². The van der Waals surface area contributed by atoms with Crippen molar-refractivity contribution >= 4 is 5.91 Å². The normalized spacial score (nSPS) is 30.4. The summed E-state index contributed by atoms with van der Waals surface area (Å²) in [6, 6.07) is 12.1. The SMILES string of the molecule is CC[C@H]1C[C@@H](C#N)[C@H](NC(C)=O)[C@@H](OCc2ccccc2)[C@@H]1C. The predicted molar refractivity (Wildman–Crippen MR) is 89.3 cm³/mol. The summed E-state index contributed by atoms with van der Waals surface area (Å²) >= 11 is 0. The second-order valence-corrected chi connectivity index (χ2v) is 6.49. The number of hydrogen-bond acceptors (Lipinski definition) is 3. The van der Waals surface area contributed by atoms with Gasteiger partial charge in [-0.1, -0.05) is 50.6 Å². The Morgan fingerprint density at radius 3 is 2.65 bits per heavy atom. The highest BCUT2D eigenvalue weighted by Gasteiger charge is 2.43. The minimum absolute atomic E-state index is 0.106. The number of benzene rings is 1. The van der Waals surface area contributed by atoms with E-state index in [-0.39, 0.29) is 24.0 Å². The Hall–Kier alpha value is -1.86. The van der Waals surface area contributed by atoms with Gasteiger partial charge in [-0.15, -0.1) is 0 Å². The van der Waals surface area contributed by atoms with Gasteiger partial charge in [0.2, 0.25) is 5.91 Å². The molecule has 0 spiro atoms. The third kappa shape index (κ3) is 4.33. The Labute approximate surface area is 138 Å². The van der Waals surface area contributed by atoms with E-state index >= 15 is 0 Å². The minimum atomic E-state index is -0.237. The van der Waals surface area contributed by atoms with Crippen LogP contribution >= 0.6 is 0 Å². The van der Waals surface area contributed by atoms with E-state index in [9.17, 15) is 10.1 Å². The Bertz CT molecular complexity index is 552. The molecular formula is C19H26N2O2. The lowest BCUT2D eigenvalue weighted by atomic mass is 9.69. The number of carbonyl (C=O) groups excluding carboxylic acids is 1. The molecule has 1 amide bonds. The van der Waals surface area contributed by atoms with Crippen LogP contribution in [0.3, 0.4) is 0 Å². The molecule has 2 rings (SSSR count). The summed E-state index contributed by atoms with van der Waals surface area (Å²) in [5.41, 5.74) is 1.11. The van der Waals surface area contributed by atoms with Gasteiger partial charge in [0.05, 0.1) is 30.7 Å². The van der Waals surface area contributed by atoms with Crippen LogP contribution in [-0.2, 0) is 16.1 Å². The molecule has 1 N–H and O–H groups in total. The zero-order valence-electron chi connectivity index (χ0n) is 14.2. The molecule has 0 unspecified atom stereocenters. The lowest BCUT2D eigenvalue weighted by molar-refractivity contribution is -0.124. The topological polar surface area (TPSA) is 62.1 Å². The highest BCUT2D eigenvalue weighted by molar-refractivity contribution is 5.73. The first-order chi connectivity index (χ1) is 11.1. The average molecular weight is 314 g/mol. The first-order valence-corrected chi connectivity index (χ1v) is 8.39. The Balaban J connectivity index is 2.17.